The zero-order chi connectivity index (χ0) is 13.6. The van der Waals surface area contributed by atoms with Crippen molar-refractivity contribution in [1.29, 1.82) is 0 Å². The minimum atomic E-state index is 0. The molecule has 0 aliphatic rings. The zero-order valence-corrected chi connectivity index (χ0v) is 18.0. The van der Waals surface area contributed by atoms with E-state index < -0.39 is 0 Å². The third kappa shape index (κ3) is 10.2. The second-order valence-electron chi connectivity index (χ2n) is 3.13. The minimum Gasteiger partial charge on any atom is -0.255 e. The molecular formula is C15H17Cf2FS2-2. The molecule has 0 nitrogen and oxygen atoms in total. The van der Waals surface area contributed by atoms with Crippen LogP contribution in [0.1, 0.15) is 11.1 Å². The molecule has 2 aromatic rings. The molecule has 0 aliphatic heterocycles. The predicted molar refractivity (Wildman–Crippen MR) is 83.0 cm³/mol. The van der Waals surface area contributed by atoms with Crippen molar-refractivity contribution in [3.63, 3.8) is 0 Å². The molecule has 5 heteroatoms. The van der Waals surface area contributed by atoms with Gasteiger partial charge in [-0.3, -0.25) is 4.39 Å². The van der Waals surface area contributed by atoms with Gasteiger partial charge in [0.15, 0.2) is 0 Å². The fraction of sp³-hybridized carbons (Fsp3) is 0.200. The fourth-order valence-electron chi connectivity index (χ4n) is 1.05. The van der Waals surface area contributed by atoms with Crippen LogP contribution in [0, 0.1) is 12.1 Å². The number of hydrogen-bond donors (Lipinski definition) is 2. The van der Waals surface area contributed by atoms with Crippen LogP contribution in [0.25, 0.3) is 0 Å². The summed E-state index contributed by atoms with van der Waals surface area (Å²) in [5.41, 5.74) is 2.49. The molecule has 0 saturated carbocycles. The average Bonchev–Trinajstić information content (AvgIpc) is 2.51. The van der Waals surface area contributed by atoms with Crippen LogP contribution in [-0.2, 0) is 11.5 Å². The van der Waals surface area contributed by atoms with Crippen LogP contribution in [0.2, 0.25) is 0 Å². The van der Waals surface area contributed by atoms with Gasteiger partial charge in [0.2, 0.25) is 0 Å². The van der Waals surface area contributed by atoms with Gasteiger partial charge in [-0.05, 0) is 11.5 Å². The monoisotopic (exact) mass is 778 g/mol. The first-order valence-corrected chi connectivity index (χ1v) is 6.63. The van der Waals surface area contributed by atoms with E-state index in [1.165, 1.54) is 11.1 Å². The van der Waals surface area contributed by atoms with Gasteiger partial charge in [0.05, 0.1) is 7.18 Å². The number of benzene rings is 2. The summed E-state index contributed by atoms with van der Waals surface area (Å²) in [4.78, 5) is 0. The first kappa shape index (κ1) is 22.3. The Kier molecular flexibility index (Phi) is 17.9. The summed E-state index contributed by atoms with van der Waals surface area (Å²) in [6, 6.07) is 21.5. The summed E-state index contributed by atoms with van der Waals surface area (Å²) in [6.45, 7) is 0. The molecule has 0 aromatic heterocycles. The molecule has 2 rings (SSSR count). The van der Waals surface area contributed by atoms with Crippen molar-refractivity contribution in [2.24, 2.45) is 0 Å². The topological polar surface area (TPSA) is 0 Å². The van der Waals surface area contributed by atoms with Gasteiger partial charge < -0.3 is 0 Å². The van der Waals surface area contributed by atoms with E-state index >= 15 is 0 Å². The van der Waals surface area contributed by atoms with E-state index in [1.807, 2.05) is 48.5 Å². The molecule has 0 N–H and O–H groups in total. The van der Waals surface area contributed by atoms with Crippen LogP contribution in [0.4, 0.5) is 4.39 Å². The molecule has 2 aromatic carbocycles. The van der Waals surface area contributed by atoms with Crippen molar-refractivity contribution in [3.8, 4) is 0 Å². The molecule has 118 valence electrons. The Morgan fingerprint density at radius 2 is 1.00 bits per heavy atom. The third-order valence-electron chi connectivity index (χ3n) is 1.94. The van der Waals surface area contributed by atoms with E-state index in [-0.39, 0.29) is 0 Å². The molecule has 0 spiro atoms. The Labute approximate surface area is 120 Å². The second kappa shape index (κ2) is 16.1. The number of thiol groups is 2. The summed E-state index contributed by atoms with van der Waals surface area (Å²) < 4.78 is 9.50. The van der Waals surface area contributed by atoms with Crippen LogP contribution >= 0.6 is 25.3 Å². The SMILES string of the molecule is CF.SCc1cc[c-]cc1.SCc1cc[c-]cc1.[Cf].[Cf]. The van der Waals surface area contributed by atoms with E-state index in [0.717, 1.165) is 11.5 Å². The van der Waals surface area contributed by atoms with Crippen LogP contribution in [0.15, 0.2) is 48.5 Å². The molecule has 0 unspecified atom stereocenters. The van der Waals surface area contributed by atoms with Gasteiger partial charge >= 0.3 is 0 Å². The van der Waals surface area contributed by atoms with Crippen molar-refractivity contribution >= 4 is 25.3 Å². The predicted octanol–water partition coefficient (Wildman–Crippen LogP) is 4.42. The van der Waals surface area contributed by atoms with Crippen molar-refractivity contribution in [2.45, 2.75) is 11.5 Å². The first-order chi connectivity index (χ1) is 8.86. The number of alkyl halides is 1. The largest absolute Gasteiger partial charge is 0.255 e. The van der Waals surface area contributed by atoms with Gasteiger partial charge in [-0.1, -0.05) is 0 Å². The van der Waals surface area contributed by atoms with E-state index in [9.17, 15) is 4.39 Å². The smallest absolute Gasteiger partial charge is 0.0785 e. The van der Waals surface area contributed by atoms with Crippen molar-refractivity contribution < 1.29 is 4.39 Å². The Hall–Kier alpha value is -2.93. The first-order valence-electron chi connectivity index (χ1n) is 5.36. The maximum Gasteiger partial charge on any atom is 0.0785 e. The van der Waals surface area contributed by atoms with Crippen molar-refractivity contribution in [1.82, 2.24) is 0 Å². The molecule has 20 heavy (non-hydrogen) atoms. The summed E-state index contributed by atoms with van der Waals surface area (Å²) in [6.07, 6.45) is 0. The van der Waals surface area contributed by atoms with E-state index in [4.69, 9.17) is 0 Å². The molecule has 0 amide bonds. The minimum absolute atomic E-state index is 0. The standard InChI is InChI=1S/2C7H7S.CH3F.2Cf/c2*8-6-7-4-2-1-3-5-7;1-2;;/h2*2-5,8H,6H2;1H3;;/q2*-1;;;. The van der Waals surface area contributed by atoms with Crippen LogP contribution < -0.4 is 0 Å². The van der Waals surface area contributed by atoms with Crippen molar-refractivity contribution in [3.05, 3.63) is 71.8 Å². The van der Waals surface area contributed by atoms with E-state index in [1.54, 1.807) is 0 Å². The Morgan fingerprint density at radius 1 is 0.750 bits per heavy atom. The molecular weight excluding hydrogens is 765 g/mol. The third-order valence-corrected chi connectivity index (χ3v) is 2.67. The Balaban J connectivity index is -0.000000236. The summed E-state index contributed by atoms with van der Waals surface area (Å²) >= 11 is 8.19. The average molecular weight is 782 g/mol. The second-order valence-corrected chi connectivity index (χ2v) is 3.77. The van der Waals surface area contributed by atoms with E-state index in [0.29, 0.717) is 7.18 Å². The molecule has 0 heterocycles. The van der Waals surface area contributed by atoms with Gasteiger partial charge in [0.1, 0.15) is 0 Å². The Bertz CT molecular complexity index is 346. The zero-order valence-electron chi connectivity index (χ0n) is 10.9. The van der Waals surface area contributed by atoms with Crippen LogP contribution in [-0.4, -0.2) is 7.18 Å². The van der Waals surface area contributed by atoms with Crippen LogP contribution in [0.3, 0.4) is 0 Å². The van der Waals surface area contributed by atoms with Gasteiger partial charge in [-0.25, -0.2) is 0 Å². The molecule has 0 radical (unpaired) electrons. The molecule has 0 saturated heterocycles. The Morgan fingerprint density at radius 3 is 1.15 bits per heavy atom. The van der Waals surface area contributed by atoms with E-state index in [2.05, 4.69) is 37.4 Å². The molecule has 0 bridgehead atoms. The number of rotatable bonds is 2. The number of hydrogen-bond acceptors (Lipinski definition) is 2. The van der Waals surface area contributed by atoms with Crippen molar-refractivity contribution in [2.75, 3.05) is 7.18 Å². The maximum absolute atomic E-state index is 9.50. The van der Waals surface area contributed by atoms with Gasteiger partial charge in [0, 0.05) is 0 Å². The van der Waals surface area contributed by atoms with Crippen LogP contribution in [0.5, 0.6) is 0 Å². The molecule has 0 atom stereocenters. The maximum atomic E-state index is 9.50. The molecule has 0 fully saturated rings. The fourth-order valence-corrected chi connectivity index (χ4v) is 1.48. The van der Waals surface area contributed by atoms with Gasteiger partial charge in [0.25, 0.3) is 0 Å². The molecule has 0 aliphatic carbocycles. The van der Waals surface area contributed by atoms with Gasteiger partial charge in [-0.2, -0.15) is 85.9 Å². The number of halogens is 1. The normalized spacial score (nSPS) is 7.60. The van der Waals surface area contributed by atoms with Gasteiger partial charge in [-0.15, -0.1) is 11.1 Å². The summed E-state index contributed by atoms with van der Waals surface area (Å²) in [5, 5.41) is 0. The summed E-state index contributed by atoms with van der Waals surface area (Å²) in [5.74, 6) is 1.63. The quantitative estimate of drug-likeness (QED) is 0.328. The summed E-state index contributed by atoms with van der Waals surface area (Å²) in [7, 11) is 0.500.